The molecule has 0 spiro atoms. The summed E-state index contributed by atoms with van der Waals surface area (Å²) >= 11 is 0. The van der Waals surface area contributed by atoms with Crippen LogP contribution < -0.4 is 15.4 Å². The van der Waals surface area contributed by atoms with E-state index in [1.54, 1.807) is 4.68 Å². The first-order chi connectivity index (χ1) is 14.7. The molecule has 1 amide bonds. The summed E-state index contributed by atoms with van der Waals surface area (Å²) in [6.07, 6.45) is 3.60. The molecule has 30 heavy (non-hydrogen) atoms. The van der Waals surface area contributed by atoms with Gasteiger partial charge in [-0.2, -0.15) is 10.1 Å². The Kier molecular flexibility index (Phi) is 5.79. The number of allylic oxidation sites excluding steroid dienone is 1. The van der Waals surface area contributed by atoms with E-state index >= 15 is 0 Å². The number of unbranched alkanes of at least 4 members (excludes halogenated alkanes) is 1. The molecule has 0 saturated carbocycles. The third kappa shape index (κ3) is 4.05. The van der Waals surface area contributed by atoms with Crippen molar-refractivity contribution in [2.24, 2.45) is 0 Å². The molecule has 1 aromatic heterocycles. The highest BCUT2D eigenvalue weighted by Crippen LogP contribution is 2.35. The summed E-state index contributed by atoms with van der Waals surface area (Å²) in [4.78, 5) is 17.5. The van der Waals surface area contributed by atoms with Gasteiger partial charge in [-0.3, -0.25) is 4.79 Å². The number of para-hydroxylation sites is 1. The maximum atomic E-state index is 13.2. The number of aromatic nitrogens is 3. The van der Waals surface area contributed by atoms with E-state index in [2.05, 4.69) is 27.6 Å². The molecule has 154 valence electrons. The van der Waals surface area contributed by atoms with Gasteiger partial charge in [0.2, 0.25) is 5.95 Å². The molecule has 7 nitrogen and oxygen atoms in total. The Labute approximate surface area is 175 Å². The Balaban J connectivity index is 1.65. The molecule has 1 aliphatic heterocycles. The number of carbonyl (C=O) groups excluding carboxylic acids is 1. The lowest BCUT2D eigenvalue weighted by molar-refractivity contribution is -0.113. The third-order valence-corrected chi connectivity index (χ3v) is 5.03. The second-order valence-electron chi connectivity index (χ2n) is 7.19. The maximum absolute atomic E-state index is 13.2. The summed E-state index contributed by atoms with van der Waals surface area (Å²) < 4.78 is 7.52. The van der Waals surface area contributed by atoms with Crippen LogP contribution in [0.3, 0.4) is 0 Å². The first-order valence-corrected chi connectivity index (χ1v) is 10.1. The molecule has 0 radical (unpaired) electrons. The highest BCUT2D eigenvalue weighted by atomic mass is 16.5. The van der Waals surface area contributed by atoms with Crippen molar-refractivity contribution in [1.29, 1.82) is 0 Å². The maximum Gasteiger partial charge on any atom is 0.255 e. The average molecular weight is 403 g/mol. The van der Waals surface area contributed by atoms with E-state index in [0.29, 0.717) is 18.1 Å². The molecule has 2 heterocycles. The summed E-state index contributed by atoms with van der Waals surface area (Å²) in [6.45, 7) is 4.71. The van der Waals surface area contributed by atoms with Crippen LogP contribution in [0.1, 0.15) is 38.3 Å². The van der Waals surface area contributed by atoms with E-state index in [1.165, 1.54) is 6.33 Å². The molecule has 3 aromatic rings. The summed E-state index contributed by atoms with van der Waals surface area (Å²) in [7, 11) is 0. The minimum Gasteiger partial charge on any atom is -0.494 e. The first-order valence-electron chi connectivity index (χ1n) is 10.1. The average Bonchev–Trinajstić information content (AvgIpc) is 3.22. The molecule has 4 rings (SSSR count). The van der Waals surface area contributed by atoms with E-state index in [1.807, 2.05) is 61.5 Å². The predicted molar refractivity (Wildman–Crippen MR) is 116 cm³/mol. The normalized spacial score (nSPS) is 15.3. The molecule has 0 bridgehead atoms. The van der Waals surface area contributed by atoms with Gasteiger partial charge in [-0.1, -0.05) is 43.7 Å². The van der Waals surface area contributed by atoms with Crippen molar-refractivity contribution < 1.29 is 9.53 Å². The molecule has 2 N–H and O–H groups in total. The molecule has 2 aromatic carbocycles. The van der Waals surface area contributed by atoms with Crippen LogP contribution in [0.4, 0.5) is 11.6 Å². The Morgan fingerprint density at radius 1 is 1.17 bits per heavy atom. The van der Waals surface area contributed by atoms with Gasteiger partial charge in [0.25, 0.3) is 5.91 Å². The number of benzene rings is 2. The Hall–Kier alpha value is -3.61. The fourth-order valence-electron chi connectivity index (χ4n) is 3.49. The van der Waals surface area contributed by atoms with Crippen molar-refractivity contribution >= 4 is 17.5 Å². The van der Waals surface area contributed by atoms with Crippen LogP contribution in [0, 0.1) is 0 Å². The summed E-state index contributed by atoms with van der Waals surface area (Å²) in [5.41, 5.74) is 3.02. The second-order valence-corrected chi connectivity index (χ2v) is 7.19. The molecule has 0 aliphatic carbocycles. The quantitative estimate of drug-likeness (QED) is 0.572. The number of hydrogen-bond donors (Lipinski definition) is 2. The van der Waals surface area contributed by atoms with Crippen LogP contribution in [0.15, 0.2) is 72.2 Å². The molecule has 1 atom stereocenters. The zero-order valence-corrected chi connectivity index (χ0v) is 17.1. The summed E-state index contributed by atoms with van der Waals surface area (Å²) in [5.74, 6) is 1.24. The van der Waals surface area contributed by atoms with Crippen LogP contribution in [0.2, 0.25) is 0 Å². The smallest absolute Gasteiger partial charge is 0.255 e. The topological polar surface area (TPSA) is 81.1 Å². The number of hydrogen-bond acceptors (Lipinski definition) is 5. The van der Waals surface area contributed by atoms with Gasteiger partial charge in [0.05, 0.1) is 12.2 Å². The highest BCUT2D eigenvalue weighted by Gasteiger charge is 2.33. The van der Waals surface area contributed by atoms with Crippen molar-refractivity contribution in [3.8, 4) is 5.75 Å². The lowest BCUT2D eigenvalue weighted by atomic mass is 9.95. The van der Waals surface area contributed by atoms with E-state index in [0.717, 1.165) is 35.5 Å². The molecule has 7 heteroatoms. The predicted octanol–water partition coefficient (Wildman–Crippen LogP) is 4.38. The number of anilines is 2. The van der Waals surface area contributed by atoms with Crippen LogP contribution in [0.5, 0.6) is 5.75 Å². The zero-order chi connectivity index (χ0) is 20.9. The van der Waals surface area contributed by atoms with Crippen molar-refractivity contribution in [3.63, 3.8) is 0 Å². The van der Waals surface area contributed by atoms with E-state index < -0.39 is 6.04 Å². The number of nitrogens with zero attached hydrogens (tertiary/aromatic N) is 3. The van der Waals surface area contributed by atoms with Gasteiger partial charge in [-0.05, 0) is 43.2 Å². The Morgan fingerprint density at radius 2 is 1.93 bits per heavy atom. The standard InChI is InChI=1S/C23H25N5O2/c1-3-4-14-30-19-12-10-17(11-13-19)21-20(16(2)26-23-24-15-25-28(21)23)22(29)27-18-8-6-5-7-9-18/h5-13,15,21H,3-4,14H2,1-2H3,(H,27,29)(H,24,25,26)/t21-/m0/s1. The fraction of sp³-hybridized carbons (Fsp3) is 0.261. The molecular formula is C23H25N5O2. The van der Waals surface area contributed by atoms with Crippen molar-refractivity contribution in [2.45, 2.75) is 32.7 Å². The van der Waals surface area contributed by atoms with Crippen molar-refractivity contribution in [3.05, 3.63) is 77.8 Å². The highest BCUT2D eigenvalue weighted by molar-refractivity contribution is 6.06. The first kappa shape index (κ1) is 19.7. The van der Waals surface area contributed by atoms with E-state index in [9.17, 15) is 4.79 Å². The van der Waals surface area contributed by atoms with Gasteiger partial charge in [0, 0.05) is 11.4 Å². The van der Waals surface area contributed by atoms with E-state index in [4.69, 9.17) is 4.74 Å². The molecule has 0 unspecified atom stereocenters. The monoisotopic (exact) mass is 403 g/mol. The van der Waals surface area contributed by atoms with Crippen molar-refractivity contribution in [2.75, 3.05) is 17.2 Å². The van der Waals surface area contributed by atoms with Gasteiger partial charge >= 0.3 is 0 Å². The van der Waals surface area contributed by atoms with Crippen LogP contribution >= 0.6 is 0 Å². The Morgan fingerprint density at radius 3 is 2.67 bits per heavy atom. The number of amides is 1. The van der Waals surface area contributed by atoms with Gasteiger partial charge < -0.3 is 15.4 Å². The number of nitrogens with one attached hydrogen (secondary N) is 2. The minimum atomic E-state index is -0.392. The lowest BCUT2D eigenvalue weighted by Crippen LogP contribution is -2.31. The SMILES string of the molecule is CCCCOc1ccc([C@H]2C(C(=O)Nc3ccccc3)=C(C)Nc3ncnn32)cc1. The molecule has 0 fully saturated rings. The van der Waals surface area contributed by atoms with Crippen LogP contribution in [-0.2, 0) is 4.79 Å². The van der Waals surface area contributed by atoms with Crippen molar-refractivity contribution in [1.82, 2.24) is 14.8 Å². The molecular weight excluding hydrogens is 378 g/mol. The van der Waals surface area contributed by atoms with E-state index in [-0.39, 0.29) is 5.91 Å². The number of ether oxygens (including phenoxy) is 1. The van der Waals surface area contributed by atoms with Gasteiger partial charge in [0.1, 0.15) is 18.1 Å². The summed E-state index contributed by atoms with van der Waals surface area (Å²) in [5, 5.41) is 10.5. The lowest BCUT2D eigenvalue weighted by Gasteiger charge is -2.28. The fourth-order valence-corrected chi connectivity index (χ4v) is 3.49. The number of fused-ring (bicyclic) bond motifs is 1. The third-order valence-electron chi connectivity index (χ3n) is 5.03. The Bertz CT molecular complexity index is 1040. The molecule has 1 aliphatic rings. The van der Waals surface area contributed by atoms with Gasteiger partial charge in [-0.15, -0.1) is 0 Å². The minimum absolute atomic E-state index is 0.180. The van der Waals surface area contributed by atoms with Crippen LogP contribution in [0.25, 0.3) is 0 Å². The largest absolute Gasteiger partial charge is 0.494 e. The van der Waals surface area contributed by atoms with Crippen LogP contribution in [-0.4, -0.2) is 27.3 Å². The second kappa shape index (κ2) is 8.82. The molecule has 0 saturated heterocycles. The summed E-state index contributed by atoms with van der Waals surface area (Å²) in [6, 6.07) is 16.9. The number of rotatable bonds is 7. The number of carbonyl (C=O) groups is 1. The van der Waals surface area contributed by atoms with Gasteiger partial charge in [-0.25, -0.2) is 4.68 Å². The zero-order valence-electron chi connectivity index (χ0n) is 17.1. The van der Waals surface area contributed by atoms with Gasteiger partial charge in [0.15, 0.2) is 0 Å².